The minimum absolute atomic E-state index is 0.192. The second-order valence-corrected chi connectivity index (χ2v) is 6.63. The van der Waals surface area contributed by atoms with Crippen molar-refractivity contribution in [1.82, 2.24) is 9.88 Å². The summed E-state index contributed by atoms with van der Waals surface area (Å²) in [5.41, 5.74) is 1.98. The number of aromatic nitrogens is 1. The minimum Gasteiger partial charge on any atom is -0.483 e. The lowest BCUT2D eigenvalue weighted by Crippen LogP contribution is -2.30. The van der Waals surface area contributed by atoms with Crippen LogP contribution in [0.5, 0.6) is 5.75 Å². The van der Waals surface area contributed by atoms with Crippen molar-refractivity contribution in [3.63, 3.8) is 0 Å². The van der Waals surface area contributed by atoms with Gasteiger partial charge in [0.05, 0.1) is 12.7 Å². The molecule has 0 saturated carbocycles. The van der Waals surface area contributed by atoms with Crippen LogP contribution in [-0.2, 0) is 20.2 Å². The quantitative estimate of drug-likeness (QED) is 0.661. The number of ether oxygens (including phenoxy) is 1. The van der Waals surface area contributed by atoms with Gasteiger partial charge < -0.3 is 19.9 Å². The Kier molecular flexibility index (Phi) is 6.34. The Morgan fingerprint density at radius 1 is 1.11 bits per heavy atom. The largest absolute Gasteiger partial charge is 0.483 e. The van der Waals surface area contributed by atoms with E-state index in [1.54, 1.807) is 42.1 Å². The number of hydrogen-bond acceptors (Lipinski definition) is 3. The molecule has 2 aromatic carbocycles. The summed E-state index contributed by atoms with van der Waals surface area (Å²) in [7, 11) is 1.79. The first-order valence-electron chi connectivity index (χ1n) is 8.68. The Bertz CT molecular complexity index is 1020. The fourth-order valence-electron chi connectivity index (χ4n) is 2.58. The average molecular weight is 398 g/mol. The van der Waals surface area contributed by atoms with Crippen LogP contribution in [0.2, 0.25) is 5.02 Å². The molecule has 7 heteroatoms. The summed E-state index contributed by atoms with van der Waals surface area (Å²) in [6, 6.07) is 17.5. The first-order chi connectivity index (χ1) is 13.5. The molecular formula is C21H20ClN3O3. The van der Waals surface area contributed by atoms with Crippen molar-refractivity contribution in [2.45, 2.75) is 13.2 Å². The third kappa shape index (κ3) is 5.37. The zero-order chi connectivity index (χ0) is 19.9. The lowest BCUT2D eigenvalue weighted by atomic mass is 10.2. The third-order valence-electron chi connectivity index (χ3n) is 4.05. The molecule has 3 aromatic rings. The van der Waals surface area contributed by atoms with Crippen LogP contribution < -0.4 is 20.8 Å². The summed E-state index contributed by atoms with van der Waals surface area (Å²) < 4.78 is 7.38. The SMILES string of the molecule is Cn1cc(OCc2ccccc2)c(=O)cc1CNC(=O)Nc1cccc(Cl)c1. The number of aryl methyl sites for hydroxylation is 1. The molecule has 0 unspecified atom stereocenters. The Balaban J connectivity index is 1.59. The average Bonchev–Trinajstić information content (AvgIpc) is 2.68. The van der Waals surface area contributed by atoms with Crippen molar-refractivity contribution < 1.29 is 9.53 Å². The number of rotatable bonds is 6. The van der Waals surface area contributed by atoms with Gasteiger partial charge in [-0.05, 0) is 23.8 Å². The maximum atomic E-state index is 12.3. The number of anilines is 1. The predicted octanol–water partition coefficient (Wildman–Crippen LogP) is 3.94. The highest BCUT2D eigenvalue weighted by molar-refractivity contribution is 6.30. The molecule has 2 N–H and O–H groups in total. The number of nitrogens with one attached hydrogen (secondary N) is 2. The van der Waals surface area contributed by atoms with Crippen LogP contribution in [0.15, 0.2) is 71.7 Å². The molecule has 0 atom stereocenters. The summed E-state index contributed by atoms with van der Waals surface area (Å²) in [6.07, 6.45) is 1.62. The first-order valence-corrected chi connectivity index (χ1v) is 9.06. The van der Waals surface area contributed by atoms with E-state index in [0.29, 0.717) is 23.0 Å². The number of carbonyl (C=O) groups excluding carboxylic acids is 1. The summed E-state index contributed by atoms with van der Waals surface area (Å²) in [5, 5.41) is 5.94. The standard InChI is InChI=1S/C21H20ClN3O3/c1-25-13-20(28-14-15-6-3-2-4-7-15)19(26)11-18(25)12-23-21(27)24-17-9-5-8-16(22)10-17/h2-11,13H,12,14H2,1H3,(H2,23,24,27). The Morgan fingerprint density at radius 2 is 1.89 bits per heavy atom. The first kappa shape index (κ1) is 19.5. The highest BCUT2D eigenvalue weighted by atomic mass is 35.5. The number of hydrogen-bond donors (Lipinski definition) is 2. The van der Waals surface area contributed by atoms with E-state index < -0.39 is 0 Å². The number of benzene rings is 2. The summed E-state index contributed by atoms with van der Waals surface area (Å²) >= 11 is 5.90. The van der Waals surface area contributed by atoms with Gasteiger partial charge in [-0.25, -0.2) is 4.79 Å². The second kappa shape index (κ2) is 9.10. The van der Waals surface area contributed by atoms with E-state index in [1.165, 1.54) is 6.07 Å². The van der Waals surface area contributed by atoms with Crippen molar-refractivity contribution in [3.8, 4) is 5.75 Å². The number of nitrogens with zero attached hydrogens (tertiary/aromatic N) is 1. The molecule has 0 bridgehead atoms. The van der Waals surface area contributed by atoms with Gasteiger partial charge in [0, 0.05) is 29.5 Å². The molecule has 0 spiro atoms. The van der Waals surface area contributed by atoms with Crippen molar-refractivity contribution in [2.75, 3.05) is 5.32 Å². The minimum atomic E-state index is -0.390. The smallest absolute Gasteiger partial charge is 0.319 e. The van der Waals surface area contributed by atoms with Gasteiger partial charge in [-0.15, -0.1) is 0 Å². The van der Waals surface area contributed by atoms with Crippen molar-refractivity contribution in [3.05, 3.63) is 93.4 Å². The molecule has 144 valence electrons. The van der Waals surface area contributed by atoms with Gasteiger partial charge in [0.25, 0.3) is 0 Å². The maximum absolute atomic E-state index is 12.3. The van der Waals surface area contributed by atoms with Crippen LogP contribution in [0.1, 0.15) is 11.3 Å². The van der Waals surface area contributed by atoms with E-state index in [0.717, 1.165) is 5.56 Å². The highest BCUT2D eigenvalue weighted by Crippen LogP contribution is 2.14. The Labute approximate surface area is 167 Å². The van der Waals surface area contributed by atoms with E-state index in [-0.39, 0.29) is 23.8 Å². The fraction of sp³-hybridized carbons (Fsp3) is 0.143. The number of urea groups is 1. The predicted molar refractivity (Wildman–Crippen MR) is 110 cm³/mol. The topological polar surface area (TPSA) is 72.4 Å². The maximum Gasteiger partial charge on any atom is 0.319 e. The molecule has 0 saturated heterocycles. The number of amides is 2. The number of pyridine rings is 1. The molecule has 0 aliphatic rings. The van der Waals surface area contributed by atoms with Crippen LogP contribution in [0.25, 0.3) is 0 Å². The summed E-state index contributed by atoms with van der Waals surface area (Å²) in [4.78, 5) is 24.3. The van der Waals surface area contributed by atoms with E-state index in [4.69, 9.17) is 16.3 Å². The van der Waals surface area contributed by atoms with Crippen LogP contribution in [0.3, 0.4) is 0 Å². The van der Waals surface area contributed by atoms with Crippen LogP contribution in [0, 0.1) is 0 Å². The molecule has 0 fully saturated rings. The Morgan fingerprint density at radius 3 is 2.64 bits per heavy atom. The van der Waals surface area contributed by atoms with Crippen molar-refractivity contribution in [2.24, 2.45) is 7.05 Å². The second-order valence-electron chi connectivity index (χ2n) is 6.20. The lowest BCUT2D eigenvalue weighted by Gasteiger charge is -2.13. The van der Waals surface area contributed by atoms with E-state index >= 15 is 0 Å². The normalized spacial score (nSPS) is 10.4. The molecule has 6 nitrogen and oxygen atoms in total. The van der Waals surface area contributed by atoms with E-state index in [9.17, 15) is 9.59 Å². The molecular weight excluding hydrogens is 378 g/mol. The van der Waals surface area contributed by atoms with Crippen molar-refractivity contribution >= 4 is 23.3 Å². The number of carbonyl (C=O) groups is 1. The monoisotopic (exact) mass is 397 g/mol. The van der Waals surface area contributed by atoms with Gasteiger partial charge in [0.1, 0.15) is 6.61 Å². The van der Waals surface area contributed by atoms with Gasteiger partial charge in [-0.3, -0.25) is 4.79 Å². The summed E-state index contributed by atoms with van der Waals surface area (Å²) in [6.45, 7) is 0.507. The molecule has 0 radical (unpaired) electrons. The van der Waals surface area contributed by atoms with Gasteiger partial charge in [0.2, 0.25) is 5.43 Å². The highest BCUT2D eigenvalue weighted by Gasteiger charge is 2.08. The Hall–Kier alpha value is -3.25. The summed E-state index contributed by atoms with van der Waals surface area (Å²) in [5.74, 6) is 0.262. The lowest BCUT2D eigenvalue weighted by molar-refractivity contribution is 0.251. The van der Waals surface area contributed by atoms with Crippen molar-refractivity contribution in [1.29, 1.82) is 0 Å². The van der Waals surface area contributed by atoms with Gasteiger partial charge >= 0.3 is 6.03 Å². The van der Waals surface area contributed by atoms with Gasteiger partial charge in [0.15, 0.2) is 5.75 Å². The number of halogens is 1. The van der Waals surface area contributed by atoms with E-state index in [2.05, 4.69) is 10.6 Å². The molecule has 0 aliphatic heterocycles. The zero-order valence-electron chi connectivity index (χ0n) is 15.3. The fourth-order valence-corrected chi connectivity index (χ4v) is 2.77. The van der Waals surface area contributed by atoms with Gasteiger partial charge in [-0.2, -0.15) is 0 Å². The molecule has 1 aromatic heterocycles. The van der Waals surface area contributed by atoms with Crippen LogP contribution >= 0.6 is 11.6 Å². The zero-order valence-corrected chi connectivity index (χ0v) is 16.1. The molecule has 3 rings (SSSR count). The van der Waals surface area contributed by atoms with Crippen LogP contribution in [-0.4, -0.2) is 10.6 Å². The van der Waals surface area contributed by atoms with E-state index in [1.807, 2.05) is 30.3 Å². The molecule has 0 aliphatic carbocycles. The van der Waals surface area contributed by atoms with Crippen LogP contribution in [0.4, 0.5) is 10.5 Å². The molecule has 28 heavy (non-hydrogen) atoms. The third-order valence-corrected chi connectivity index (χ3v) is 4.29. The van der Waals surface area contributed by atoms with Gasteiger partial charge in [-0.1, -0.05) is 48.0 Å². The molecule has 2 amide bonds. The molecule has 1 heterocycles.